The van der Waals surface area contributed by atoms with Crippen LogP contribution in [0.1, 0.15) is 58.8 Å². The lowest BCUT2D eigenvalue weighted by Crippen LogP contribution is -2.38. The molecule has 0 heterocycles. The summed E-state index contributed by atoms with van der Waals surface area (Å²) in [5, 5.41) is 0. The third-order valence-corrected chi connectivity index (χ3v) is 3.98. The lowest BCUT2D eigenvalue weighted by molar-refractivity contribution is 0.0111. The van der Waals surface area contributed by atoms with Crippen LogP contribution in [0.3, 0.4) is 0 Å². The lowest BCUT2D eigenvalue weighted by Gasteiger charge is -2.26. The van der Waals surface area contributed by atoms with Crippen LogP contribution in [-0.4, -0.2) is 18.8 Å². The number of methoxy groups -OCH3 is 1. The van der Waals surface area contributed by atoms with Crippen LogP contribution in [0.2, 0.25) is 0 Å². The molecule has 1 aliphatic carbocycles. The SMILES string of the molecule is COC(C)(C)CCC(CC1CCCC1)NN. The Morgan fingerprint density at radius 1 is 1.38 bits per heavy atom. The molecule has 3 heteroatoms. The van der Waals surface area contributed by atoms with E-state index in [2.05, 4.69) is 19.3 Å². The Kier molecular flexibility index (Phi) is 5.73. The Bertz CT molecular complexity index is 188. The van der Waals surface area contributed by atoms with E-state index in [4.69, 9.17) is 10.6 Å². The second-order valence-electron chi connectivity index (χ2n) is 5.75. The smallest absolute Gasteiger partial charge is 0.0623 e. The zero-order valence-corrected chi connectivity index (χ0v) is 11.1. The summed E-state index contributed by atoms with van der Waals surface area (Å²) >= 11 is 0. The van der Waals surface area contributed by atoms with E-state index >= 15 is 0 Å². The van der Waals surface area contributed by atoms with Crippen molar-refractivity contribution >= 4 is 0 Å². The molecule has 1 unspecified atom stereocenters. The third-order valence-electron chi connectivity index (χ3n) is 3.98. The Balaban J connectivity index is 2.25. The maximum absolute atomic E-state index is 5.63. The number of hydrogen-bond donors (Lipinski definition) is 2. The molecule has 1 saturated carbocycles. The number of hydrogen-bond acceptors (Lipinski definition) is 3. The number of nitrogens with two attached hydrogens (primary N) is 1. The van der Waals surface area contributed by atoms with Crippen molar-refractivity contribution < 1.29 is 4.74 Å². The molecule has 1 atom stereocenters. The van der Waals surface area contributed by atoms with Crippen LogP contribution < -0.4 is 11.3 Å². The van der Waals surface area contributed by atoms with Crippen molar-refractivity contribution in [2.24, 2.45) is 11.8 Å². The predicted molar refractivity (Wildman–Crippen MR) is 68.0 cm³/mol. The van der Waals surface area contributed by atoms with Gasteiger partial charge in [-0.2, -0.15) is 0 Å². The van der Waals surface area contributed by atoms with Crippen LogP contribution in [0.15, 0.2) is 0 Å². The van der Waals surface area contributed by atoms with Crippen LogP contribution in [0, 0.1) is 5.92 Å². The van der Waals surface area contributed by atoms with Gasteiger partial charge >= 0.3 is 0 Å². The van der Waals surface area contributed by atoms with E-state index in [0.717, 1.165) is 18.8 Å². The molecule has 0 amide bonds. The topological polar surface area (TPSA) is 47.3 Å². The first-order valence-electron chi connectivity index (χ1n) is 6.58. The zero-order valence-electron chi connectivity index (χ0n) is 11.1. The Morgan fingerprint density at radius 3 is 2.50 bits per heavy atom. The fraction of sp³-hybridized carbons (Fsp3) is 1.00. The number of nitrogens with one attached hydrogen (secondary N) is 1. The summed E-state index contributed by atoms with van der Waals surface area (Å²) in [6.07, 6.45) is 9.00. The van der Waals surface area contributed by atoms with Gasteiger partial charge in [-0.15, -0.1) is 0 Å². The van der Waals surface area contributed by atoms with Gasteiger partial charge in [-0.3, -0.25) is 11.3 Å². The maximum Gasteiger partial charge on any atom is 0.0623 e. The minimum atomic E-state index is -0.0230. The second kappa shape index (κ2) is 6.58. The van der Waals surface area contributed by atoms with E-state index in [0.29, 0.717) is 6.04 Å². The zero-order chi connectivity index (χ0) is 12.0. The van der Waals surface area contributed by atoms with Gasteiger partial charge in [0, 0.05) is 13.2 Å². The van der Waals surface area contributed by atoms with E-state index in [1.165, 1.54) is 32.1 Å². The van der Waals surface area contributed by atoms with Crippen molar-refractivity contribution in [2.75, 3.05) is 7.11 Å². The lowest BCUT2D eigenvalue weighted by atomic mass is 9.92. The second-order valence-corrected chi connectivity index (χ2v) is 5.75. The molecule has 16 heavy (non-hydrogen) atoms. The molecular formula is C13H28N2O. The first-order chi connectivity index (χ1) is 7.57. The van der Waals surface area contributed by atoms with Crippen molar-refractivity contribution in [1.29, 1.82) is 0 Å². The van der Waals surface area contributed by atoms with Crippen molar-refractivity contribution in [1.82, 2.24) is 5.43 Å². The minimum absolute atomic E-state index is 0.0230. The fourth-order valence-electron chi connectivity index (χ4n) is 2.54. The van der Waals surface area contributed by atoms with Crippen LogP contribution in [0.5, 0.6) is 0 Å². The van der Waals surface area contributed by atoms with Gasteiger partial charge in [-0.05, 0) is 39.0 Å². The molecular weight excluding hydrogens is 200 g/mol. The Labute approximate surface area is 100 Å². The fourth-order valence-corrected chi connectivity index (χ4v) is 2.54. The monoisotopic (exact) mass is 228 g/mol. The van der Waals surface area contributed by atoms with Gasteiger partial charge in [0.25, 0.3) is 0 Å². The van der Waals surface area contributed by atoms with Crippen LogP contribution in [0.25, 0.3) is 0 Å². The van der Waals surface area contributed by atoms with Gasteiger partial charge in [0.15, 0.2) is 0 Å². The predicted octanol–water partition coefficient (Wildman–Crippen LogP) is 2.60. The molecule has 0 aromatic carbocycles. The van der Waals surface area contributed by atoms with Gasteiger partial charge in [0.1, 0.15) is 0 Å². The average Bonchev–Trinajstić information content (AvgIpc) is 2.77. The first kappa shape index (κ1) is 13.9. The first-order valence-corrected chi connectivity index (χ1v) is 6.58. The summed E-state index contributed by atoms with van der Waals surface area (Å²) < 4.78 is 5.43. The highest BCUT2D eigenvalue weighted by atomic mass is 16.5. The molecule has 1 fully saturated rings. The standard InChI is InChI=1S/C13H28N2O/c1-13(2,16-3)9-8-12(15-14)10-11-6-4-5-7-11/h11-12,15H,4-10,14H2,1-3H3. The van der Waals surface area contributed by atoms with Crippen LogP contribution >= 0.6 is 0 Å². The summed E-state index contributed by atoms with van der Waals surface area (Å²) in [5.74, 6) is 6.53. The van der Waals surface area contributed by atoms with Gasteiger partial charge < -0.3 is 4.74 Å². The molecule has 3 N–H and O–H groups in total. The number of hydrazine groups is 1. The van der Waals surface area contributed by atoms with Crippen molar-refractivity contribution in [3.63, 3.8) is 0 Å². The van der Waals surface area contributed by atoms with E-state index in [1.807, 2.05) is 0 Å². The van der Waals surface area contributed by atoms with Crippen molar-refractivity contribution in [2.45, 2.75) is 70.4 Å². The van der Waals surface area contributed by atoms with Crippen LogP contribution in [0.4, 0.5) is 0 Å². The van der Waals surface area contributed by atoms with Gasteiger partial charge in [-0.1, -0.05) is 25.7 Å². The van der Waals surface area contributed by atoms with Gasteiger partial charge in [-0.25, -0.2) is 0 Å². The Hall–Kier alpha value is -0.120. The molecule has 96 valence electrons. The summed E-state index contributed by atoms with van der Waals surface area (Å²) in [5.41, 5.74) is 2.95. The van der Waals surface area contributed by atoms with Gasteiger partial charge in [0.05, 0.1) is 5.60 Å². The quantitative estimate of drug-likeness (QED) is 0.520. The molecule has 3 nitrogen and oxygen atoms in total. The van der Waals surface area contributed by atoms with Crippen molar-refractivity contribution in [3.8, 4) is 0 Å². The van der Waals surface area contributed by atoms with E-state index in [9.17, 15) is 0 Å². The summed E-state index contributed by atoms with van der Waals surface area (Å²) in [6, 6.07) is 0.456. The molecule has 0 radical (unpaired) electrons. The average molecular weight is 228 g/mol. The molecule has 0 spiro atoms. The summed E-state index contributed by atoms with van der Waals surface area (Å²) in [7, 11) is 1.78. The molecule has 0 aromatic rings. The molecule has 0 aliphatic heterocycles. The highest BCUT2D eigenvalue weighted by Gasteiger charge is 2.22. The van der Waals surface area contributed by atoms with Crippen molar-refractivity contribution in [3.05, 3.63) is 0 Å². The third kappa shape index (κ3) is 4.81. The number of rotatable bonds is 7. The van der Waals surface area contributed by atoms with E-state index < -0.39 is 0 Å². The largest absolute Gasteiger partial charge is 0.379 e. The highest BCUT2D eigenvalue weighted by Crippen LogP contribution is 2.30. The van der Waals surface area contributed by atoms with Crippen LogP contribution in [-0.2, 0) is 4.74 Å². The maximum atomic E-state index is 5.63. The summed E-state index contributed by atoms with van der Waals surface area (Å²) in [4.78, 5) is 0. The normalized spacial score (nSPS) is 20.2. The minimum Gasteiger partial charge on any atom is -0.379 e. The molecule has 0 aromatic heterocycles. The summed E-state index contributed by atoms with van der Waals surface area (Å²) in [6.45, 7) is 4.27. The molecule has 1 rings (SSSR count). The molecule has 0 saturated heterocycles. The highest BCUT2D eigenvalue weighted by molar-refractivity contribution is 4.77. The van der Waals surface area contributed by atoms with E-state index in [-0.39, 0.29) is 5.60 Å². The molecule has 1 aliphatic rings. The van der Waals surface area contributed by atoms with E-state index in [1.54, 1.807) is 7.11 Å². The number of ether oxygens (including phenoxy) is 1. The van der Waals surface area contributed by atoms with Gasteiger partial charge in [0.2, 0.25) is 0 Å². The Morgan fingerprint density at radius 2 is 2.00 bits per heavy atom. The molecule has 0 bridgehead atoms.